The van der Waals surface area contributed by atoms with Crippen LogP contribution in [-0.4, -0.2) is 34.8 Å². The lowest BCUT2D eigenvalue weighted by atomic mass is 9.76. The molecule has 1 N–H and O–H groups in total. The molecular formula is C29H37ClO6. The highest BCUT2D eigenvalue weighted by atomic mass is 35.5. The summed E-state index contributed by atoms with van der Waals surface area (Å²) in [7, 11) is 0. The van der Waals surface area contributed by atoms with E-state index in [9.17, 15) is 14.7 Å². The summed E-state index contributed by atoms with van der Waals surface area (Å²) < 4.78 is 17.2. The largest absolute Gasteiger partial charge is 0.508 e. The number of aromatic hydroxyl groups is 1. The zero-order chi connectivity index (χ0) is 26.4. The number of phenols is 1. The molecule has 0 spiro atoms. The molecule has 0 aromatic heterocycles. The third kappa shape index (κ3) is 7.01. The topological polar surface area (TPSA) is 82.1 Å². The van der Waals surface area contributed by atoms with E-state index in [2.05, 4.69) is 0 Å². The molecule has 3 unspecified atom stereocenters. The van der Waals surface area contributed by atoms with Crippen molar-refractivity contribution in [2.45, 2.75) is 88.4 Å². The normalized spacial score (nSPS) is 19.5. The van der Waals surface area contributed by atoms with E-state index in [4.69, 9.17) is 25.8 Å². The van der Waals surface area contributed by atoms with Gasteiger partial charge in [0.25, 0.3) is 0 Å². The summed E-state index contributed by atoms with van der Waals surface area (Å²) >= 11 is 6.97. The molecular weight excluding hydrogens is 480 g/mol. The van der Waals surface area contributed by atoms with Crippen LogP contribution < -0.4 is 0 Å². The average molecular weight is 517 g/mol. The minimum absolute atomic E-state index is 0.166. The molecule has 0 bridgehead atoms. The highest BCUT2D eigenvalue weighted by Gasteiger charge is 2.46. The van der Waals surface area contributed by atoms with E-state index in [1.807, 2.05) is 63.2 Å². The second kappa shape index (κ2) is 11.7. The van der Waals surface area contributed by atoms with Crippen LogP contribution in [0.5, 0.6) is 5.75 Å². The summed E-state index contributed by atoms with van der Waals surface area (Å²) in [5, 5.41) is 9.65. The second-order valence-electron chi connectivity index (χ2n) is 10.4. The average Bonchev–Trinajstić information content (AvgIpc) is 2.85. The summed E-state index contributed by atoms with van der Waals surface area (Å²) in [6, 6.07) is 16.0. The van der Waals surface area contributed by atoms with Gasteiger partial charge in [0.05, 0.1) is 13.0 Å². The number of esters is 2. The van der Waals surface area contributed by atoms with E-state index >= 15 is 0 Å². The first-order chi connectivity index (χ1) is 17.0. The Balaban J connectivity index is 1.81. The molecule has 0 radical (unpaired) electrons. The molecule has 2 aromatic carbocycles. The van der Waals surface area contributed by atoms with Crippen molar-refractivity contribution in [3.05, 3.63) is 65.7 Å². The van der Waals surface area contributed by atoms with Crippen LogP contribution in [0.15, 0.2) is 54.6 Å². The van der Waals surface area contributed by atoms with Gasteiger partial charge in [-0.1, -0.05) is 63.2 Å². The van der Waals surface area contributed by atoms with Gasteiger partial charge < -0.3 is 19.3 Å². The first-order valence-corrected chi connectivity index (χ1v) is 12.9. The number of phenolic OH excluding ortho intramolecular Hbond substituents is 1. The lowest BCUT2D eigenvalue weighted by molar-refractivity contribution is -0.193. The number of alkyl halides is 1. The highest BCUT2D eigenvalue weighted by Crippen LogP contribution is 2.41. The van der Waals surface area contributed by atoms with Crippen LogP contribution in [0.1, 0.15) is 77.3 Å². The van der Waals surface area contributed by atoms with E-state index in [0.29, 0.717) is 31.4 Å². The van der Waals surface area contributed by atoms with Gasteiger partial charge in [-0.2, -0.15) is 0 Å². The van der Waals surface area contributed by atoms with Crippen LogP contribution in [-0.2, 0) is 34.8 Å². The summed E-state index contributed by atoms with van der Waals surface area (Å²) in [4.78, 5) is 25.2. The fraction of sp³-hybridized carbons (Fsp3) is 0.517. The van der Waals surface area contributed by atoms with Crippen LogP contribution >= 0.6 is 11.6 Å². The maximum Gasteiger partial charge on any atom is 0.328 e. The molecule has 1 aliphatic heterocycles. The van der Waals surface area contributed by atoms with E-state index in [1.54, 1.807) is 19.1 Å². The Hall–Kier alpha value is -2.57. The van der Waals surface area contributed by atoms with E-state index in [1.165, 1.54) is 0 Å². The van der Waals surface area contributed by atoms with Gasteiger partial charge in [0, 0.05) is 6.42 Å². The number of hydrogen-bond acceptors (Lipinski definition) is 6. The Bertz CT molecular complexity index is 1020. The number of benzene rings is 2. The van der Waals surface area contributed by atoms with Crippen LogP contribution in [0.25, 0.3) is 0 Å². The molecule has 1 fully saturated rings. The Kier molecular flexibility index (Phi) is 9.07. The molecule has 0 saturated carbocycles. The summed E-state index contributed by atoms with van der Waals surface area (Å²) in [5.74, 6) is -0.917. The summed E-state index contributed by atoms with van der Waals surface area (Å²) in [6.45, 7) is 8.11. The van der Waals surface area contributed by atoms with Gasteiger partial charge in [-0.25, -0.2) is 0 Å². The third-order valence-corrected chi connectivity index (χ3v) is 7.44. The smallest absolute Gasteiger partial charge is 0.328 e. The van der Waals surface area contributed by atoms with Gasteiger partial charge >= 0.3 is 11.9 Å². The van der Waals surface area contributed by atoms with Crippen molar-refractivity contribution in [2.24, 2.45) is 0 Å². The van der Waals surface area contributed by atoms with Crippen LogP contribution in [0.4, 0.5) is 0 Å². The Morgan fingerprint density at radius 3 is 2.28 bits per heavy atom. The first kappa shape index (κ1) is 28.0. The second-order valence-corrected chi connectivity index (χ2v) is 11.1. The SMILES string of the molecule is CCC(Cl)(CC(C)(C)c1ccc(O)cc1)C(=O)OC(C)(CC(=O)OC1CCCCO1)c1ccccc1. The van der Waals surface area contributed by atoms with Crippen LogP contribution in [0, 0.1) is 0 Å². The molecule has 7 heteroatoms. The van der Waals surface area contributed by atoms with Gasteiger partial charge in [-0.3, -0.25) is 9.59 Å². The lowest BCUT2D eigenvalue weighted by Gasteiger charge is -2.37. The maximum absolute atomic E-state index is 13.6. The van der Waals surface area contributed by atoms with Crippen LogP contribution in [0.2, 0.25) is 0 Å². The Morgan fingerprint density at radius 2 is 1.69 bits per heavy atom. The number of ether oxygens (including phenoxy) is 3. The minimum Gasteiger partial charge on any atom is -0.508 e. The third-order valence-electron chi connectivity index (χ3n) is 6.88. The van der Waals surface area contributed by atoms with Crippen molar-refractivity contribution in [2.75, 3.05) is 6.61 Å². The summed E-state index contributed by atoms with van der Waals surface area (Å²) in [6.07, 6.45) is 2.43. The number of carbonyl (C=O) groups excluding carboxylic acids is 2. The predicted molar refractivity (Wildman–Crippen MR) is 139 cm³/mol. The monoisotopic (exact) mass is 516 g/mol. The molecule has 0 aliphatic carbocycles. The molecule has 36 heavy (non-hydrogen) atoms. The van der Waals surface area contributed by atoms with Gasteiger partial charge in [-0.05, 0) is 61.3 Å². The van der Waals surface area contributed by atoms with Crippen molar-refractivity contribution in [3.8, 4) is 5.75 Å². The molecule has 1 saturated heterocycles. The van der Waals surface area contributed by atoms with Crippen molar-refractivity contribution in [3.63, 3.8) is 0 Å². The first-order valence-electron chi connectivity index (χ1n) is 12.6. The van der Waals surface area contributed by atoms with Gasteiger partial charge in [0.1, 0.15) is 16.2 Å². The zero-order valence-corrected chi connectivity index (χ0v) is 22.3. The summed E-state index contributed by atoms with van der Waals surface area (Å²) in [5.41, 5.74) is -0.145. The molecule has 3 rings (SSSR count). The van der Waals surface area contributed by atoms with E-state index < -0.39 is 34.1 Å². The Labute approximate surface area is 218 Å². The molecule has 196 valence electrons. The number of halogens is 1. The molecule has 1 heterocycles. The fourth-order valence-electron chi connectivity index (χ4n) is 4.61. The molecule has 2 aromatic rings. The predicted octanol–water partition coefficient (Wildman–Crippen LogP) is 6.37. The van der Waals surface area contributed by atoms with E-state index in [-0.39, 0.29) is 12.2 Å². The van der Waals surface area contributed by atoms with Crippen molar-refractivity contribution >= 4 is 23.5 Å². The van der Waals surface area contributed by atoms with Crippen molar-refractivity contribution in [1.29, 1.82) is 0 Å². The highest BCUT2D eigenvalue weighted by molar-refractivity contribution is 6.34. The van der Waals surface area contributed by atoms with Crippen molar-refractivity contribution < 1.29 is 28.9 Å². The Morgan fingerprint density at radius 1 is 1.03 bits per heavy atom. The standard InChI is InChI=1S/C29H37ClO6/c1-5-29(30,20-27(2,3)21-14-16-23(31)17-15-21)26(33)36-28(4,22-11-7-6-8-12-22)19-24(32)35-25-13-9-10-18-34-25/h6-8,11-12,14-17,25,31H,5,9-10,13,18-20H2,1-4H3. The fourth-order valence-corrected chi connectivity index (χ4v) is 4.98. The number of hydrogen-bond donors (Lipinski definition) is 1. The number of carbonyl (C=O) groups is 2. The molecule has 1 aliphatic rings. The molecule has 6 nitrogen and oxygen atoms in total. The maximum atomic E-state index is 13.6. The quantitative estimate of drug-likeness (QED) is 0.292. The van der Waals surface area contributed by atoms with Gasteiger partial charge in [0.15, 0.2) is 0 Å². The van der Waals surface area contributed by atoms with E-state index in [0.717, 1.165) is 18.4 Å². The molecule has 0 amide bonds. The number of rotatable bonds is 10. The lowest BCUT2D eigenvalue weighted by Crippen LogP contribution is -2.44. The minimum atomic E-state index is -1.33. The zero-order valence-electron chi connectivity index (χ0n) is 21.6. The van der Waals surface area contributed by atoms with Gasteiger partial charge in [0.2, 0.25) is 6.29 Å². The van der Waals surface area contributed by atoms with Gasteiger partial charge in [-0.15, -0.1) is 11.6 Å². The van der Waals surface area contributed by atoms with Crippen LogP contribution in [0.3, 0.4) is 0 Å². The van der Waals surface area contributed by atoms with Crippen molar-refractivity contribution in [1.82, 2.24) is 0 Å². The molecule has 3 atom stereocenters.